The predicted molar refractivity (Wildman–Crippen MR) is 111 cm³/mol. The summed E-state index contributed by atoms with van der Waals surface area (Å²) in [6, 6.07) is 17.6. The number of aliphatic carboxylic acids is 1. The molecule has 0 bridgehead atoms. The third-order valence-corrected chi connectivity index (χ3v) is 5.22. The molecule has 3 unspecified atom stereocenters. The number of nitrogens with zero attached hydrogens (tertiary/aromatic N) is 1. The maximum Gasteiger partial charge on any atom is 0.355 e. The summed E-state index contributed by atoms with van der Waals surface area (Å²) >= 11 is 0. The van der Waals surface area contributed by atoms with Crippen molar-refractivity contribution in [3.05, 3.63) is 83.7 Å². The molecule has 3 atom stereocenters. The van der Waals surface area contributed by atoms with Crippen molar-refractivity contribution in [2.45, 2.75) is 37.6 Å². The molecule has 0 aromatic heterocycles. The number of carboxylic acid groups (broad SMARTS) is 1. The van der Waals surface area contributed by atoms with Gasteiger partial charge < -0.3 is 25.2 Å². The Bertz CT molecular complexity index is 885. The van der Waals surface area contributed by atoms with Crippen LogP contribution in [-0.4, -0.2) is 52.5 Å². The van der Waals surface area contributed by atoms with Gasteiger partial charge in [0.15, 0.2) is 0 Å². The zero-order valence-electron chi connectivity index (χ0n) is 16.8. The number of hydrogen-bond donors (Lipinski definition) is 3. The van der Waals surface area contributed by atoms with Crippen LogP contribution in [0, 0.1) is 0 Å². The molecule has 2 aromatic rings. The normalized spacial score (nSPS) is 19.4. The molecule has 3 N–H and O–H groups in total. The van der Waals surface area contributed by atoms with E-state index >= 15 is 0 Å². The van der Waals surface area contributed by atoms with Gasteiger partial charge in [0.2, 0.25) is 0 Å². The summed E-state index contributed by atoms with van der Waals surface area (Å²) in [6.45, 7) is 0. The molecule has 0 radical (unpaired) electrons. The van der Waals surface area contributed by atoms with Crippen molar-refractivity contribution in [1.29, 1.82) is 0 Å². The fourth-order valence-corrected chi connectivity index (χ4v) is 3.67. The molecule has 0 amide bonds. The lowest BCUT2D eigenvalue weighted by Crippen LogP contribution is -2.58. The number of hydrogen-bond acceptors (Lipinski definition) is 6. The summed E-state index contributed by atoms with van der Waals surface area (Å²) in [4.78, 5) is 25.8. The highest BCUT2D eigenvalue weighted by atomic mass is 16.5. The number of carboxylic acids is 1. The number of aliphatic hydroxyl groups excluding tert-OH is 1. The van der Waals surface area contributed by atoms with Gasteiger partial charge in [-0.25, -0.2) is 9.59 Å². The van der Waals surface area contributed by atoms with Crippen molar-refractivity contribution in [3.63, 3.8) is 0 Å². The van der Waals surface area contributed by atoms with Crippen LogP contribution >= 0.6 is 0 Å². The average molecular weight is 410 g/mol. The van der Waals surface area contributed by atoms with Gasteiger partial charge in [-0.15, -0.1) is 0 Å². The SMILES string of the molecule is COC(=O)C1=CN(C(Cc2ccccc2)C(=O)O)C(CCc2ccccc2)C(O)N1. The van der Waals surface area contributed by atoms with Crippen LogP contribution in [0.25, 0.3) is 0 Å². The highest BCUT2D eigenvalue weighted by Gasteiger charge is 2.38. The summed E-state index contributed by atoms with van der Waals surface area (Å²) < 4.78 is 4.75. The van der Waals surface area contributed by atoms with Gasteiger partial charge >= 0.3 is 11.9 Å². The Hall–Kier alpha value is -3.32. The number of benzene rings is 2. The van der Waals surface area contributed by atoms with Gasteiger partial charge in [-0.2, -0.15) is 0 Å². The third-order valence-electron chi connectivity index (χ3n) is 5.22. The topological polar surface area (TPSA) is 99.1 Å². The van der Waals surface area contributed by atoms with Crippen molar-refractivity contribution in [2.24, 2.45) is 0 Å². The molecule has 0 saturated heterocycles. The van der Waals surface area contributed by atoms with Gasteiger partial charge in [0, 0.05) is 12.6 Å². The minimum atomic E-state index is -1.12. The second-order valence-corrected chi connectivity index (χ2v) is 7.21. The number of carbonyl (C=O) groups is 2. The van der Waals surface area contributed by atoms with E-state index in [1.807, 2.05) is 60.7 Å². The van der Waals surface area contributed by atoms with Gasteiger partial charge in [-0.1, -0.05) is 60.7 Å². The van der Waals surface area contributed by atoms with Crippen LogP contribution in [0.4, 0.5) is 0 Å². The fraction of sp³-hybridized carbons (Fsp3) is 0.304. The monoisotopic (exact) mass is 410 g/mol. The van der Waals surface area contributed by atoms with E-state index < -0.39 is 30.3 Å². The second kappa shape index (κ2) is 9.93. The maximum absolute atomic E-state index is 12.2. The van der Waals surface area contributed by atoms with Gasteiger partial charge in [0.25, 0.3) is 0 Å². The zero-order valence-corrected chi connectivity index (χ0v) is 16.8. The molecule has 1 aliphatic heterocycles. The Morgan fingerprint density at radius 2 is 1.67 bits per heavy atom. The maximum atomic E-state index is 12.2. The summed E-state index contributed by atoms with van der Waals surface area (Å²) in [6.07, 6.45) is 1.72. The molecule has 0 fully saturated rings. The average Bonchev–Trinajstić information content (AvgIpc) is 2.77. The van der Waals surface area contributed by atoms with E-state index in [0.29, 0.717) is 12.8 Å². The Morgan fingerprint density at radius 1 is 1.07 bits per heavy atom. The van der Waals surface area contributed by atoms with Crippen molar-refractivity contribution in [1.82, 2.24) is 10.2 Å². The van der Waals surface area contributed by atoms with Crippen LogP contribution in [0.2, 0.25) is 0 Å². The first kappa shape index (κ1) is 21.4. The summed E-state index contributed by atoms with van der Waals surface area (Å²) in [5.74, 6) is -1.69. The van der Waals surface area contributed by atoms with Gasteiger partial charge in [-0.3, -0.25) is 0 Å². The number of aryl methyl sites for hydroxylation is 1. The van der Waals surface area contributed by atoms with Crippen molar-refractivity contribution in [3.8, 4) is 0 Å². The van der Waals surface area contributed by atoms with Crippen LogP contribution in [0.15, 0.2) is 72.6 Å². The summed E-state index contributed by atoms with van der Waals surface area (Å²) in [7, 11) is 1.24. The zero-order chi connectivity index (χ0) is 21.5. The first-order valence-electron chi connectivity index (χ1n) is 9.82. The quantitative estimate of drug-likeness (QED) is 0.572. The largest absolute Gasteiger partial charge is 0.480 e. The molecule has 30 heavy (non-hydrogen) atoms. The van der Waals surface area contributed by atoms with Crippen LogP contribution in [0.1, 0.15) is 17.5 Å². The van der Waals surface area contributed by atoms with E-state index in [-0.39, 0.29) is 12.1 Å². The van der Waals surface area contributed by atoms with Crippen LogP contribution in [-0.2, 0) is 27.2 Å². The highest BCUT2D eigenvalue weighted by molar-refractivity contribution is 5.88. The first-order valence-corrected chi connectivity index (χ1v) is 9.82. The van der Waals surface area contributed by atoms with Gasteiger partial charge in [-0.05, 0) is 24.0 Å². The lowest BCUT2D eigenvalue weighted by molar-refractivity contribution is -0.146. The molecular formula is C23H26N2O5. The van der Waals surface area contributed by atoms with E-state index in [9.17, 15) is 19.8 Å². The lowest BCUT2D eigenvalue weighted by Gasteiger charge is -2.42. The number of nitrogens with one attached hydrogen (secondary N) is 1. The van der Waals surface area contributed by atoms with E-state index in [0.717, 1.165) is 11.1 Å². The standard InChI is InChI=1S/C23H26N2O5/c1-30-23(29)18-15-25(20(22(27)28)14-17-10-6-3-7-11-17)19(21(26)24-18)13-12-16-8-4-2-5-9-16/h2-11,15,19-21,24,26H,12-14H2,1H3,(H,27,28). The highest BCUT2D eigenvalue weighted by Crippen LogP contribution is 2.24. The minimum absolute atomic E-state index is 0.0280. The molecule has 2 aromatic carbocycles. The number of aliphatic hydroxyl groups is 1. The van der Waals surface area contributed by atoms with Crippen molar-refractivity contribution in [2.75, 3.05) is 7.11 Å². The number of carbonyl (C=O) groups excluding carboxylic acids is 1. The summed E-state index contributed by atoms with van der Waals surface area (Å²) in [5.41, 5.74) is 1.97. The molecule has 7 nitrogen and oxygen atoms in total. The number of rotatable bonds is 8. The van der Waals surface area contributed by atoms with Crippen LogP contribution in [0.5, 0.6) is 0 Å². The summed E-state index contributed by atoms with van der Waals surface area (Å²) in [5, 5.41) is 23.5. The van der Waals surface area contributed by atoms with E-state index in [4.69, 9.17) is 4.74 Å². The molecule has 1 aliphatic rings. The fourth-order valence-electron chi connectivity index (χ4n) is 3.67. The first-order chi connectivity index (χ1) is 14.5. The Balaban J connectivity index is 1.90. The number of esters is 1. The number of methoxy groups -OCH3 is 1. The Morgan fingerprint density at radius 3 is 2.23 bits per heavy atom. The predicted octanol–water partition coefficient (Wildman–Crippen LogP) is 1.92. The van der Waals surface area contributed by atoms with E-state index in [1.54, 1.807) is 4.90 Å². The lowest BCUT2D eigenvalue weighted by atomic mass is 9.97. The Kier molecular flexibility index (Phi) is 7.08. The van der Waals surface area contributed by atoms with Gasteiger partial charge in [0.05, 0.1) is 13.2 Å². The van der Waals surface area contributed by atoms with Crippen molar-refractivity contribution >= 4 is 11.9 Å². The smallest absolute Gasteiger partial charge is 0.355 e. The third kappa shape index (κ3) is 5.18. The van der Waals surface area contributed by atoms with Crippen LogP contribution < -0.4 is 5.32 Å². The van der Waals surface area contributed by atoms with Crippen LogP contribution in [0.3, 0.4) is 0 Å². The molecule has 0 saturated carbocycles. The molecular weight excluding hydrogens is 384 g/mol. The molecule has 1 heterocycles. The molecule has 0 spiro atoms. The molecule has 158 valence electrons. The second-order valence-electron chi connectivity index (χ2n) is 7.21. The molecule has 7 heteroatoms. The van der Waals surface area contributed by atoms with Gasteiger partial charge in [0.1, 0.15) is 18.0 Å². The molecule has 3 rings (SSSR count). The van der Waals surface area contributed by atoms with E-state index in [1.165, 1.54) is 13.3 Å². The Labute approximate surface area is 175 Å². The van der Waals surface area contributed by atoms with E-state index in [2.05, 4.69) is 5.32 Å². The number of ether oxygens (including phenoxy) is 1. The van der Waals surface area contributed by atoms with Crippen molar-refractivity contribution < 1.29 is 24.5 Å². The molecule has 0 aliphatic carbocycles. The minimum Gasteiger partial charge on any atom is -0.480 e.